The van der Waals surface area contributed by atoms with Gasteiger partial charge in [-0.05, 0) is 49.0 Å². The Morgan fingerprint density at radius 3 is 2.20 bits per heavy atom. The van der Waals surface area contributed by atoms with Crippen LogP contribution in [-0.2, 0) is 6.54 Å². The van der Waals surface area contributed by atoms with Gasteiger partial charge in [-0.3, -0.25) is 9.78 Å². The van der Waals surface area contributed by atoms with Crippen LogP contribution in [0.1, 0.15) is 16.1 Å². The van der Waals surface area contributed by atoms with E-state index in [0.717, 1.165) is 39.0 Å². The second-order valence-electron chi connectivity index (χ2n) is 7.63. The van der Waals surface area contributed by atoms with Crippen LogP contribution in [0.15, 0.2) is 103 Å². The molecule has 35 heavy (non-hydrogen) atoms. The summed E-state index contributed by atoms with van der Waals surface area (Å²) in [5.74, 6) is -0.136. The number of fused-ring (bicyclic) bond motifs is 1. The number of nitrogens with one attached hydrogen (secondary N) is 1. The zero-order valence-electron chi connectivity index (χ0n) is 19.3. The second-order valence-corrected chi connectivity index (χ2v) is 8.07. The number of hydrogen-bond donors (Lipinski definition) is 2. The summed E-state index contributed by atoms with van der Waals surface area (Å²) in [6, 6.07) is 31.0. The van der Waals surface area contributed by atoms with Gasteiger partial charge in [-0.25, -0.2) is 4.98 Å². The van der Waals surface area contributed by atoms with Crippen molar-refractivity contribution in [1.82, 2.24) is 15.3 Å². The Morgan fingerprint density at radius 2 is 1.51 bits per heavy atom. The molecular formula is C29H25ClN4O. The van der Waals surface area contributed by atoms with E-state index in [0.29, 0.717) is 17.1 Å². The summed E-state index contributed by atoms with van der Waals surface area (Å²) >= 11 is 6.11. The molecule has 3 aromatic carbocycles. The Balaban J connectivity index is 0.00000141. The van der Waals surface area contributed by atoms with Crippen LogP contribution >= 0.6 is 11.6 Å². The van der Waals surface area contributed by atoms with E-state index in [1.807, 2.05) is 66.7 Å². The van der Waals surface area contributed by atoms with Crippen LogP contribution in [0.3, 0.4) is 0 Å². The van der Waals surface area contributed by atoms with Gasteiger partial charge in [0.1, 0.15) is 0 Å². The van der Waals surface area contributed by atoms with E-state index in [-0.39, 0.29) is 5.91 Å². The molecule has 0 aliphatic rings. The minimum atomic E-state index is -0.136. The Labute approximate surface area is 209 Å². The molecule has 0 atom stereocenters. The summed E-state index contributed by atoms with van der Waals surface area (Å²) in [4.78, 5) is 22.1. The van der Waals surface area contributed by atoms with E-state index in [4.69, 9.17) is 16.6 Å². The van der Waals surface area contributed by atoms with Gasteiger partial charge < -0.3 is 11.1 Å². The molecule has 5 nitrogen and oxygen atoms in total. The normalized spacial score (nSPS) is 10.4. The molecule has 0 radical (unpaired) electrons. The minimum absolute atomic E-state index is 0.136. The van der Waals surface area contributed by atoms with Crippen molar-refractivity contribution >= 4 is 28.4 Å². The van der Waals surface area contributed by atoms with Crippen LogP contribution in [0, 0.1) is 0 Å². The number of amides is 1. The van der Waals surface area contributed by atoms with Crippen LogP contribution in [0.5, 0.6) is 0 Å². The number of pyridine rings is 2. The van der Waals surface area contributed by atoms with Gasteiger partial charge in [-0.2, -0.15) is 0 Å². The van der Waals surface area contributed by atoms with Crippen molar-refractivity contribution in [2.75, 3.05) is 7.05 Å². The fourth-order valence-electron chi connectivity index (χ4n) is 3.82. The van der Waals surface area contributed by atoms with Gasteiger partial charge >= 0.3 is 0 Å². The quantitative estimate of drug-likeness (QED) is 0.317. The van der Waals surface area contributed by atoms with Crippen molar-refractivity contribution in [3.63, 3.8) is 0 Å². The SMILES string of the molecule is CN.O=C(NCc1nccc2nc(-c3ccc(Cl)cc3)c(-c3ccccc3)cc12)c1ccccc1. The summed E-state index contributed by atoms with van der Waals surface area (Å²) in [6.07, 6.45) is 1.73. The maximum Gasteiger partial charge on any atom is 0.251 e. The number of rotatable bonds is 5. The average molecular weight is 481 g/mol. The highest BCUT2D eigenvalue weighted by molar-refractivity contribution is 6.30. The van der Waals surface area contributed by atoms with E-state index in [2.05, 4.69) is 34.2 Å². The van der Waals surface area contributed by atoms with Crippen LogP contribution in [-0.4, -0.2) is 22.9 Å². The number of nitrogens with zero attached hydrogens (tertiary/aromatic N) is 2. The molecule has 0 saturated carbocycles. The Hall–Kier alpha value is -4.06. The van der Waals surface area contributed by atoms with Gasteiger partial charge in [0.2, 0.25) is 0 Å². The molecular weight excluding hydrogens is 456 g/mol. The molecule has 0 fully saturated rings. The van der Waals surface area contributed by atoms with Gasteiger partial charge in [0.05, 0.1) is 23.4 Å². The molecule has 5 rings (SSSR count). The number of halogens is 1. The largest absolute Gasteiger partial charge is 0.346 e. The van der Waals surface area contributed by atoms with E-state index in [1.54, 1.807) is 18.3 Å². The topological polar surface area (TPSA) is 80.9 Å². The third kappa shape index (κ3) is 5.54. The van der Waals surface area contributed by atoms with E-state index < -0.39 is 0 Å². The van der Waals surface area contributed by atoms with Crippen LogP contribution < -0.4 is 11.1 Å². The Kier molecular flexibility index (Phi) is 7.83. The molecule has 5 aromatic rings. The smallest absolute Gasteiger partial charge is 0.251 e. The molecule has 174 valence electrons. The summed E-state index contributed by atoms with van der Waals surface area (Å²) in [5.41, 5.74) is 10.6. The summed E-state index contributed by atoms with van der Waals surface area (Å²) < 4.78 is 0. The van der Waals surface area contributed by atoms with Gasteiger partial charge in [0.15, 0.2) is 0 Å². The maximum absolute atomic E-state index is 12.5. The molecule has 0 bridgehead atoms. The predicted molar refractivity (Wildman–Crippen MR) is 143 cm³/mol. The Morgan fingerprint density at radius 1 is 0.857 bits per heavy atom. The number of aromatic nitrogens is 2. The van der Waals surface area contributed by atoms with Crippen molar-refractivity contribution in [3.05, 3.63) is 120 Å². The minimum Gasteiger partial charge on any atom is -0.346 e. The van der Waals surface area contributed by atoms with Crippen molar-refractivity contribution < 1.29 is 4.79 Å². The fourth-order valence-corrected chi connectivity index (χ4v) is 3.94. The number of benzene rings is 3. The van der Waals surface area contributed by atoms with Gasteiger partial charge in [-0.15, -0.1) is 0 Å². The van der Waals surface area contributed by atoms with Crippen molar-refractivity contribution in [3.8, 4) is 22.4 Å². The third-order valence-electron chi connectivity index (χ3n) is 5.48. The highest BCUT2D eigenvalue weighted by atomic mass is 35.5. The maximum atomic E-state index is 12.5. The first-order chi connectivity index (χ1) is 17.2. The number of hydrogen-bond acceptors (Lipinski definition) is 4. The van der Waals surface area contributed by atoms with Crippen LogP contribution in [0.4, 0.5) is 0 Å². The lowest BCUT2D eigenvalue weighted by Gasteiger charge is -2.14. The number of carbonyl (C=O) groups is 1. The number of carbonyl (C=O) groups excluding carboxylic acids is 1. The molecule has 0 unspecified atom stereocenters. The second kappa shape index (κ2) is 11.4. The zero-order valence-corrected chi connectivity index (χ0v) is 20.0. The van der Waals surface area contributed by atoms with Gasteiger partial charge in [-0.1, -0.05) is 72.3 Å². The molecule has 0 saturated heterocycles. The molecule has 0 aliphatic carbocycles. The third-order valence-corrected chi connectivity index (χ3v) is 5.73. The average Bonchev–Trinajstić information content (AvgIpc) is 2.93. The van der Waals surface area contributed by atoms with Gasteiger partial charge in [0.25, 0.3) is 5.91 Å². The molecule has 2 aromatic heterocycles. The van der Waals surface area contributed by atoms with Crippen LogP contribution in [0.2, 0.25) is 5.02 Å². The molecule has 3 N–H and O–H groups in total. The van der Waals surface area contributed by atoms with Crippen molar-refractivity contribution in [1.29, 1.82) is 0 Å². The highest BCUT2D eigenvalue weighted by Crippen LogP contribution is 2.34. The highest BCUT2D eigenvalue weighted by Gasteiger charge is 2.14. The predicted octanol–water partition coefficient (Wildman–Crippen LogP) is 6.12. The van der Waals surface area contributed by atoms with Crippen LogP contribution in [0.25, 0.3) is 33.3 Å². The van der Waals surface area contributed by atoms with E-state index >= 15 is 0 Å². The zero-order chi connectivity index (χ0) is 24.6. The summed E-state index contributed by atoms with van der Waals surface area (Å²) in [5, 5.41) is 4.56. The summed E-state index contributed by atoms with van der Waals surface area (Å²) in [7, 11) is 1.50. The van der Waals surface area contributed by atoms with E-state index in [1.165, 1.54) is 7.05 Å². The van der Waals surface area contributed by atoms with E-state index in [9.17, 15) is 4.79 Å². The van der Waals surface area contributed by atoms with Crippen molar-refractivity contribution in [2.24, 2.45) is 5.73 Å². The molecule has 1 amide bonds. The summed E-state index contributed by atoms with van der Waals surface area (Å²) in [6.45, 7) is 0.307. The lowest BCUT2D eigenvalue weighted by Crippen LogP contribution is -2.23. The molecule has 6 heteroatoms. The first-order valence-corrected chi connectivity index (χ1v) is 11.6. The lowest BCUT2D eigenvalue weighted by atomic mass is 9.97. The number of nitrogens with two attached hydrogens (primary N) is 1. The van der Waals surface area contributed by atoms with Crippen molar-refractivity contribution in [2.45, 2.75) is 6.54 Å². The molecule has 0 aliphatic heterocycles. The Bertz CT molecular complexity index is 1420. The monoisotopic (exact) mass is 480 g/mol. The lowest BCUT2D eigenvalue weighted by molar-refractivity contribution is 0.0950. The fraction of sp³-hybridized carbons (Fsp3) is 0.0690. The van der Waals surface area contributed by atoms with Gasteiger partial charge in [0, 0.05) is 33.3 Å². The molecule has 2 heterocycles. The first-order valence-electron chi connectivity index (χ1n) is 11.2. The first kappa shape index (κ1) is 24.1. The standard InChI is InChI=1S/C28H20ClN3O.CH5N/c29-22-13-11-20(12-14-22)27-23(19-7-3-1-4-8-19)17-24-25(32-27)15-16-30-26(24)18-31-28(33)21-9-5-2-6-10-21;1-2/h1-17H,18H2,(H,31,33);2H2,1H3. The molecule has 0 spiro atoms.